The van der Waals surface area contributed by atoms with Crippen molar-refractivity contribution in [2.75, 3.05) is 0 Å². The quantitative estimate of drug-likeness (QED) is 0.651. The second kappa shape index (κ2) is 7.74. The topological polar surface area (TPSA) is 20.2 Å². The summed E-state index contributed by atoms with van der Waals surface area (Å²) < 4.78 is 0. The Morgan fingerprint density at radius 1 is 0.800 bits per heavy atom. The van der Waals surface area contributed by atoms with Gasteiger partial charge in [0.25, 0.3) is 0 Å². The highest BCUT2D eigenvalue weighted by Crippen LogP contribution is 2.31. The van der Waals surface area contributed by atoms with Crippen LogP contribution in [0.4, 0.5) is 0 Å². The summed E-state index contributed by atoms with van der Waals surface area (Å²) in [5, 5.41) is 10.2. The van der Waals surface area contributed by atoms with Crippen molar-refractivity contribution < 1.29 is 5.11 Å². The third kappa shape index (κ3) is 3.86. The minimum atomic E-state index is 0.432. The standard InChI is InChI=1S/C19H24O/c1-2-3-4-5-9-13-18-17(14-10-15-19(18)20)16-11-7-6-8-12-16/h6-8,10-12,14-15,20H,2-5,9,13H2,1H3. The van der Waals surface area contributed by atoms with Gasteiger partial charge in [-0.1, -0.05) is 75.1 Å². The van der Waals surface area contributed by atoms with Gasteiger partial charge in [0, 0.05) is 5.56 Å². The summed E-state index contributed by atoms with van der Waals surface area (Å²) in [5.41, 5.74) is 3.45. The third-order valence-corrected chi connectivity index (χ3v) is 3.77. The van der Waals surface area contributed by atoms with Crippen LogP contribution in [0.3, 0.4) is 0 Å². The van der Waals surface area contributed by atoms with E-state index in [-0.39, 0.29) is 0 Å². The second-order valence-corrected chi connectivity index (χ2v) is 5.33. The summed E-state index contributed by atoms with van der Waals surface area (Å²) in [7, 11) is 0. The molecule has 20 heavy (non-hydrogen) atoms. The summed E-state index contributed by atoms with van der Waals surface area (Å²) in [6.45, 7) is 2.23. The molecule has 0 atom stereocenters. The van der Waals surface area contributed by atoms with E-state index in [4.69, 9.17) is 0 Å². The fourth-order valence-corrected chi connectivity index (χ4v) is 2.63. The molecule has 1 heteroatoms. The molecule has 2 aromatic carbocycles. The van der Waals surface area contributed by atoms with Crippen LogP contribution < -0.4 is 0 Å². The maximum absolute atomic E-state index is 10.2. The van der Waals surface area contributed by atoms with E-state index in [0.717, 1.165) is 18.4 Å². The molecule has 0 saturated heterocycles. The Bertz CT molecular complexity index is 517. The number of rotatable bonds is 7. The molecule has 0 radical (unpaired) electrons. The van der Waals surface area contributed by atoms with Crippen LogP contribution >= 0.6 is 0 Å². The van der Waals surface area contributed by atoms with Crippen molar-refractivity contribution in [3.63, 3.8) is 0 Å². The lowest BCUT2D eigenvalue weighted by molar-refractivity contribution is 0.466. The zero-order valence-corrected chi connectivity index (χ0v) is 12.3. The van der Waals surface area contributed by atoms with Crippen LogP contribution in [0.1, 0.15) is 44.6 Å². The Morgan fingerprint density at radius 2 is 1.55 bits per heavy atom. The molecule has 2 rings (SSSR count). The second-order valence-electron chi connectivity index (χ2n) is 5.33. The molecule has 0 saturated carbocycles. The lowest BCUT2D eigenvalue weighted by Crippen LogP contribution is -1.92. The number of phenolic OH excluding ortho intramolecular Hbond substituents is 1. The Kier molecular flexibility index (Phi) is 5.67. The van der Waals surface area contributed by atoms with E-state index in [2.05, 4.69) is 25.1 Å². The number of aromatic hydroxyl groups is 1. The van der Waals surface area contributed by atoms with Crippen molar-refractivity contribution in [2.24, 2.45) is 0 Å². The average molecular weight is 268 g/mol. The monoisotopic (exact) mass is 268 g/mol. The predicted octanol–water partition coefficient (Wildman–Crippen LogP) is 5.57. The summed E-state index contributed by atoms with van der Waals surface area (Å²) in [5.74, 6) is 0.432. The number of hydrogen-bond donors (Lipinski definition) is 1. The van der Waals surface area contributed by atoms with E-state index < -0.39 is 0 Å². The fourth-order valence-electron chi connectivity index (χ4n) is 2.63. The van der Waals surface area contributed by atoms with Crippen molar-refractivity contribution >= 4 is 0 Å². The van der Waals surface area contributed by atoms with E-state index in [9.17, 15) is 5.11 Å². The van der Waals surface area contributed by atoms with Crippen molar-refractivity contribution in [2.45, 2.75) is 45.4 Å². The van der Waals surface area contributed by atoms with Gasteiger partial charge in [-0.3, -0.25) is 0 Å². The molecule has 0 amide bonds. The lowest BCUT2D eigenvalue weighted by atomic mass is 9.95. The summed E-state index contributed by atoms with van der Waals surface area (Å²) in [6, 6.07) is 16.2. The van der Waals surface area contributed by atoms with Crippen LogP contribution in [0.15, 0.2) is 48.5 Å². The van der Waals surface area contributed by atoms with E-state index in [0.29, 0.717) is 5.75 Å². The highest BCUT2D eigenvalue weighted by atomic mass is 16.3. The van der Waals surface area contributed by atoms with Gasteiger partial charge < -0.3 is 5.11 Å². The smallest absolute Gasteiger partial charge is 0.119 e. The molecule has 106 valence electrons. The Balaban J connectivity index is 2.11. The van der Waals surface area contributed by atoms with Gasteiger partial charge in [0.15, 0.2) is 0 Å². The van der Waals surface area contributed by atoms with E-state index >= 15 is 0 Å². The van der Waals surface area contributed by atoms with Crippen molar-refractivity contribution in [1.29, 1.82) is 0 Å². The molecule has 1 N–H and O–H groups in total. The van der Waals surface area contributed by atoms with Crippen molar-refractivity contribution in [3.8, 4) is 16.9 Å². The third-order valence-electron chi connectivity index (χ3n) is 3.77. The number of unbranched alkanes of at least 4 members (excludes halogenated alkanes) is 4. The highest BCUT2D eigenvalue weighted by molar-refractivity contribution is 5.69. The van der Waals surface area contributed by atoms with E-state index in [1.165, 1.54) is 36.8 Å². The SMILES string of the molecule is CCCCCCCc1c(O)cccc1-c1ccccc1. The van der Waals surface area contributed by atoms with Gasteiger partial charge in [0.1, 0.15) is 5.75 Å². The number of hydrogen-bond acceptors (Lipinski definition) is 1. The number of phenols is 1. The van der Waals surface area contributed by atoms with Crippen LogP contribution in [0, 0.1) is 0 Å². The van der Waals surface area contributed by atoms with Gasteiger partial charge >= 0.3 is 0 Å². The molecule has 0 unspecified atom stereocenters. The molecule has 0 bridgehead atoms. The van der Waals surface area contributed by atoms with Gasteiger partial charge in [-0.25, -0.2) is 0 Å². The first-order valence-corrected chi connectivity index (χ1v) is 7.69. The van der Waals surface area contributed by atoms with Crippen LogP contribution in [0.5, 0.6) is 5.75 Å². The van der Waals surface area contributed by atoms with E-state index in [1.807, 2.05) is 24.3 Å². The normalized spacial score (nSPS) is 10.7. The molecule has 0 aromatic heterocycles. The Morgan fingerprint density at radius 3 is 2.30 bits per heavy atom. The van der Waals surface area contributed by atoms with E-state index in [1.54, 1.807) is 6.07 Å². The molecule has 2 aromatic rings. The van der Waals surface area contributed by atoms with Gasteiger partial charge in [-0.05, 0) is 30.0 Å². The zero-order valence-electron chi connectivity index (χ0n) is 12.3. The molecule has 0 spiro atoms. The summed E-state index contributed by atoms with van der Waals surface area (Å²) >= 11 is 0. The molecule has 0 aliphatic rings. The molecule has 1 nitrogen and oxygen atoms in total. The van der Waals surface area contributed by atoms with Crippen molar-refractivity contribution in [1.82, 2.24) is 0 Å². The Hall–Kier alpha value is -1.76. The van der Waals surface area contributed by atoms with Gasteiger partial charge in [-0.15, -0.1) is 0 Å². The van der Waals surface area contributed by atoms with Gasteiger partial charge in [-0.2, -0.15) is 0 Å². The average Bonchev–Trinajstić information content (AvgIpc) is 2.49. The van der Waals surface area contributed by atoms with Crippen molar-refractivity contribution in [3.05, 3.63) is 54.1 Å². The van der Waals surface area contributed by atoms with Crippen LogP contribution in [0.25, 0.3) is 11.1 Å². The molecular weight excluding hydrogens is 244 g/mol. The maximum Gasteiger partial charge on any atom is 0.119 e. The molecule has 0 aliphatic heterocycles. The maximum atomic E-state index is 10.2. The summed E-state index contributed by atoms with van der Waals surface area (Å²) in [4.78, 5) is 0. The first kappa shape index (κ1) is 14.6. The molecular formula is C19H24O. The molecule has 0 heterocycles. The van der Waals surface area contributed by atoms with Crippen LogP contribution in [0.2, 0.25) is 0 Å². The Labute approximate surface area is 122 Å². The van der Waals surface area contributed by atoms with Crippen LogP contribution in [-0.2, 0) is 6.42 Å². The fraction of sp³-hybridized carbons (Fsp3) is 0.368. The van der Waals surface area contributed by atoms with Gasteiger partial charge in [0.2, 0.25) is 0 Å². The summed E-state index contributed by atoms with van der Waals surface area (Å²) in [6.07, 6.45) is 7.23. The van der Waals surface area contributed by atoms with Gasteiger partial charge in [0.05, 0.1) is 0 Å². The highest BCUT2D eigenvalue weighted by Gasteiger charge is 2.09. The zero-order chi connectivity index (χ0) is 14.2. The van der Waals surface area contributed by atoms with Crippen LogP contribution in [-0.4, -0.2) is 5.11 Å². The predicted molar refractivity (Wildman–Crippen MR) is 86.0 cm³/mol. The molecule has 0 aliphatic carbocycles. The lowest BCUT2D eigenvalue weighted by Gasteiger charge is -2.12. The number of benzene rings is 2. The first-order valence-electron chi connectivity index (χ1n) is 7.69. The minimum Gasteiger partial charge on any atom is -0.508 e. The first-order chi connectivity index (χ1) is 9.83. The minimum absolute atomic E-state index is 0.432. The largest absolute Gasteiger partial charge is 0.508 e. The molecule has 0 fully saturated rings.